The number of amides is 1. The zero-order chi connectivity index (χ0) is 21.8. The summed E-state index contributed by atoms with van der Waals surface area (Å²) in [4.78, 5) is 31.5. The number of hydrogen-bond acceptors (Lipinski definition) is 6. The molecular formula is C24H20N2O5. The minimum absolute atomic E-state index is 0.0156. The van der Waals surface area contributed by atoms with E-state index in [2.05, 4.69) is 4.98 Å². The highest BCUT2D eigenvalue weighted by molar-refractivity contribution is 6.14. The number of allylic oxidation sites excluding steroid dienone is 1. The van der Waals surface area contributed by atoms with Crippen LogP contribution in [-0.2, 0) is 16.1 Å². The highest BCUT2D eigenvalue weighted by Gasteiger charge is 2.42. The van der Waals surface area contributed by atoms with Gasteiger partial charge >= 0.3 is 0 Å². The van der Waals surface area contributed by atoms with E-state index in [-0.39, 0.29) is 12.1 Å². The summed E-state index contributed by atoms with van der Waals surface area (Å²) in [7, 11) is 1.56. The van der Waals surface area contributed by atoms with Gasteiger partial charge in [0.05, 0.1) is 25.0 Å². The maximum absolute atomic E-state index is 13.0. The molecule has 1 aliphatic rings. The molecule has 7 heteroatoms. The van der Waals surface area contributed by atoms with E-state index in [0.29, 0.717) is 17.1 Å². The Kier molecular flexibility index (Phi) is 5.66. The molecule has 0 aliphatic carbocycles. The number of aliphatic hydroxyl groups excluding tert-OH is 1. The predicted octanol–water partition coefficient (Wildman–Crippen LogP) is 3.86. The average molecular weight is 416 g/mol. The van der Waals surface area contributed by atoms with Crippen molar-refractivity contribution < 1.29 is 23.8 Å². The summed E-state index contributed by atoms with van der Waals surface area (Å²) < 4.78 is 10.4. The van der Waals surface area contributed by atoms with E-state index in [9.17, 15) is 14.7 Å². The van der Waals surface area contributed by atoms with Crippen molar-refractivity contribution in [3.63, 3.8) is 0 Å². The molecule has 31 heavy (non-hydrogen) atoms. The van der Waals surface area contributed by atoms with Crippen molar-refractivity contribution in [1.29, 1.82) is 0 Å². The summed E-state index contributed by atoms with van der Waals surface area (Å²) in [6, 6.07) is 13.3. The first-order chi connectivity index (χ1) is 15.1. The zero-order valence-electron chi connectivity index (χ0n) is 16.8. The van der Waals surface area contributed by atoms with Crippen molar-refractivity contribution in [3.05, 3.63) is 101 Å². The van der Waals surface area contributed by atoms with Gasteiger partial charge in [-0.3, -0.25) is 14.6 Å². The zero-order valence-corrected chi connectivity index (χ0v) is 16.8. The molecule has 156 valence electrons. The molecule has 0 bridgehead atoms. The van der Waals surface area contributed by atoms with E-state index < -0.39 is 23.5 Å². The molecule has 7 nitrogen and oxygen atoms in total. The van der Waals surface area contributed by atoms with Crippen LogP contribution in [0.4, 0.5) is 0 Å². The number of nitrogens with zero attached hydrogens (tertiary/aromatic N) is 2. The molecule has 1 N–H and O–H groups in total. The Morgan fingerprint density at radius 3 is 2.68 bits per heavy atom. The fraction of sp³-hybridized carbons (Fsp3) is 0.125. The highest BCUT2D eigenvalue weighted by atomic mass is 16.5. The van der Waals surface area contributed by atoms with E-state index in [0.717, 1.165) is 5.56 Å². The van der Waals surface area contributed by atoms with Crippen molar-refractivity contribution in [1.82, 2.24) is 9.88 Å². The Bertz CT molecular complexity index is 1130. The molecule has 1 amide bonds. The number of furan rings is 1. The highest BCUT2D eigenvalue weighted by Crippen LogP contribution is 2.39. The second-order valence-corrected chi connectivity index (χ2v) is 6.95. The van der Waals surface area contributed by atoms with Crippen LogP contribution in [0, 0.1) is 0 Å². The van der Waals surface area contributed by atoms with Gasteiger partial charge in [-0.2, -0.15) is 0 Å². The molecule has 1 aliphatic heterocycles. The number of rotatable bonds is 7. The van der Waals surface area contributed by atoms with Crippen LogP contribution in [0.1, 0.15) is 22.9 Å². The van der Waals surface area contributed by atoms with Gasteiger partial charge in [0, 0.05) is 18.9 Å². The molecule has 4 rings (SSSR count). The third-order valence-electron chi connectivity index (χ3n) is 5.02. The predicted molar refractivity (Wildman–Crippen MR) is 113 cm³/mol. The summed E-state index contributed by atoms with van der Waals surface area (Å²) in [6.07, 6.45) is 7.58. The van der Waals surface area contributed by atoms with Crippen molar-refractivity contribution in [3.8, 4) is 5.75 Å². The van der Waals surface area contributed by atoms with Crippen LogP contribution < -0.4 is 4.74 Å². The molecule has 3 heterocycles. The number of methoxy groups -OCH3 is 1. The van der Waals surface area contributed by atoms with E-state index in [1.165, 1.54) is 23.3 Å². The van der Waals surface area contributed by atoms with Gasteiger partial charge in [0.25, 0.3) is 5.91 Å². The molecule has 0 saturated heterocycles. The summed E-state index contributed by atoms with van der Waals surface area (Å²) in [6.45, 7) is 0.187. The third-order valence-corrected chi connectivity index (χ3v) is 5.02. The van der Waals surface area contributed by atoms with Gasteiger partial charge in [-0.05, 0) is 53.6 Å². The number of hydrogen-bond donors (Lipinski definition) is 1. The Balaban J connectivity index is 1.72. The number of aromatic nitrogens is 1. The lowest BCUT2D eigenvalue weighted by Crippen LogP contribution is -2.30. The quantitative estimate of drug-likeness (QED) is 0.588. The third kappa shape index (κ3) is 4.11. The second-order valence-electron chi connectivity index (χ2n) is 6.95. The topological polar surface area (TPSA) is 92.9 Å². The van der Waals surface area contributed by atoms with E-state index in [4.69, 9.17) is 9.15 Å². The molecule has 0 saturated carbocycles. The lowest BCUT2D eigenvalue weighted by molar-refractivity contribution is -0.130. The fourth-order valence-electron chi connectivity index (χ4n) is 3.52. The van der Waals surface area contributed by atoms with Crippen LogP contribution in [0.25, 0.3) is 6.08 Å². The summed E-state index contributed by atoms with van der Waals surface area (Å²) >= 11 is 0. The average Bonchev–Trinajstić information content (AvgIpc) is 3.41. The normalized spacial score (nSPS) is 16.4. The van der Waals surface area contributed by atoms with Gasteiger partial charge in [0.15, 0.2) is 11.5 Å². The molecular weight excluding hydrogens is 396 g/mol. The smallest absolute Gasteiger partial charge is 0.290 e. The Hall–Kier alpha value is -4.13. The summed E-state index contributed by atoms with van der Waals surface area (Å²) in [5.41, 5.74) is 1.47. The van der Waals surface area contributed by atoms with Crippen LogP contribution >= 0.6 is 0 Å². The lowest BCUT2D eigenvalue weighted by atomic mass is 9.95. The van der Waals surface area contributed by atoms with Gasteiger partial charge in [-0.15, -0.1) is 0 Å². The molecule has 2 aromatic heterocycles. The minimum atomic E-state index is -0.757. The molecule has 1 unspecified atom stereocenters. The first kappa shape index (κ1) is 20.2. The van der Waals surface area contributed by atoms with Crippen LogP contribution in [-0.4, -0.2) is 33.8 Å². The van der Waals surface area contributed by atoms with Crippen molar-refractivity contribution >= 4 is 17.8 Å². The lowest BCUT2D eigenvalue weighted by Gasteiger charge is -2.26. The first-order valence-electron chi connectivity index (χ1n) is 9.61. The van der Waals surface area contributed by atoms with Gasteiger partial charge < -0.3 is 19.2 Å². The molecule has 0 fully saturated rings. The van der Waals surface area contributed by atoms with Crippen molar-refractivity contribution in [2.45, 2.75) is 12.6 Å². The number of benzene rings is 1. The number of carbonyl (C=O) groups excluding carboxylic acids is 2. The second kappa shape index (κ2) is 8.71. The number of aliphatic hydroxyl groups is 1. The number of ketones is 1. The van der Waals surface area contributed by atoms with Crippen molar-refractivity contribution in [2.24, 2.45) is 0 Å². The van der Waals surface area contributed by atoms with Crippen LogP contribution in [0.2, 0.25) is 0 Å². The summed E-state index contributed by atoms with van der Waals surface area (Å²) in [5, 5.41) is 10.6. The van der Waals surface area contributed by atoms with E-state index in [1.54, 1.807) is 62.0 Å². The van der Waals surface area contributed by atoms with Crippen LogP contribution in [0.5, 0.6) is 5.75 Å². The van der Waals surface area contributed by atoms with E-state index in [1.807, 2.05) is 6.07 Å². The Labute approximate surface area is 178 Å². The number of ether oxygens (including phenoxy) is 1. The molecule has 3 aromatic rings. The number of carbonyl (C=O) groups is 2. The number of pyridine rings is 1. The molecule has 1 aromatic carbocycles. The molecule has 0 radical (unpaired) electrons. The van der Waals surface area contributed by atoms with Gasteiger partial charge in [-0.1, -0.05) is 18.2 Å². The Morgan fingerprint density at radius 1 is 1.23 bits per heavy atom. The SMILES string of the molecule is COc1ccc(C2C(C(=O)C=Cc3ccco3)=C(O)C(=O)N2Cc2cccnc2)cc1. The van der Waals surface area contributed by atoms with Gasteiger partial charge in [-0.25, -0.2) is 0 Å². The van der Waals surface area contributed by atoms with Crippen molar-refractivity contribution in [2.75, 3.05) is 7.11 Å². The summed E-state index contributed by atoms with van der Waals surface area (Å²) in [5.74, 6) is -0.508. The van der Waals surface area contributed by atoms with Gasteiger partial charge in [0.1, 0.15) is 11.5 Å². The fourth-order valence-corrected chi connectivity index (χ4v) is 3.52. The maximum atomic E-state index is 13.0. The standard InChI is InChI=1S/C24H20N2O5/c1-30-18-8-6-17(7-9-18)22-21(20(27)11-10-19-5-3-13-31-19)23(28)24(29)26(22)15-16-4-2-12-25-14-16/h2-14,22,28H,15H2,1H3. The Morgan fingerprint density at radius 2 is 2.03 bits per heavy atom. The molecule has 0 spiro atoms. The van der Waals surface area contributed by atoms with E-state index >= 15 is 0 Å². The first-order valence-corrected chi connectivity index (χ1v) is 9.61. The maximum Gasteiger partial charge on any atom is 0.290 e. The minimum Gasteiger partial charge on any atom is -0.503 e. The van der Waals surface area contributed by atoms with Crippen LogP contribution in [0.15, 0.2) is 89.0 Å². The van der Waals surface area contributed by atoms with Crippen LogP contribution in [0.3, 0.4) is 0 Å². The molecule has 1 atom stereocenters. The van der Waals surface area contributed by atoms with Gasteiger partial charge in [0.2, 0.25) is 0 Å². The monoisotopic (exact) mass is 416 g/mol. The largest absolute Gasteiger partial charge is 0.503 e.